The van der Waals surface area contributed by atoms with Gasteiger partial charge in [0.05, 0.1) is 17.3 Å². The molecule has 162 valence electrons. The molecule has 3 N–H and O–H groups in total. The number of nitrogens with two attached hydrogens (primary N) is 1. The Bertz CT molecular complexity index is 1000. The lowest BCUT2D eigenvalue weighted by Gasteiger charge is -2.22. The van der Waals surface area contributed by atoms with Crippen LogP contribution >= 0.6 is 0 Å². The van der Waals surface area contributed by atoms with Gasteiger partial charge < -0.3 is 16.0 Å². The molecule has 7 heteroatoms. The van der Waals surface area contributed by atoms with Gasteiger partial charge in [0.1, 0.15) is 0 Å². The molecule has 3 amide bonds. The van der Waals surface area contributed by atoms with Gasteiger partial charge in [-0.25, -0.2) is 0 Å². The molecule has 0 bridgehead atoms. The van der Waals surface area contributed by atoms with Crippen LogP contribution in [-0.2, 0) is 16.1 Å². The van der Waals surface area contributed by atoms with Crippen LogP contribution < -0.4 is 16.0 Å². The zero-order valence-electron chi connectivity index (χ0n) is 17.7. The molecule has 7 nitrogen and oxygen atoms in total. The Kier molecular flexibility index (Phi) is 6.04. The van der Waals surface area contributed by atoms with Crippen molar-refractivity contribution in [3.63, 3.8) is 0 Å². The van der Waals surface area contributed by atoms with Crippen LogP contribution in [0.15, 0.2) is 48.5 Å². The fourth-order valence-corrected chi connectivity index (χ4v) is 4.20. The molecule has 2 fully saturated rings. The van der Waals surface area contributed by atoms with Crippen molar-refractivity contribution in [1.82, 2.24) is 4.90 Å². The molecule has 0 spiro atoms. The van der Waals surface area contributed by atoms with E-state index in [-0.39, 0.29) is 29.7 Å². The molecule has 1 saturated carbocycles. The van der Waals surface area contributed by atoms with Crippen LogP contribution in [0.5, 0.6) is 0 Å². The smallest absolute Gasteiger partial charge is 0.257 e. The van der Waals surface area contributed by atoms with Gasteiger partial charge in [0, 0.05) is 25.2 Å². The first-order valence-corrected chi connectivity index (χ1v) is 10.7. The van der Waals surface area contributed by atoms with E-state index in [0.29, 0.717) is 23.5 Å². The van der Waals surface area contributed by atoms with E-state index in [1.807, 2.05) is 30.3 Å². The first kappa shape index (κ1) is 21.1. The van der Waals surface area contributed by atoms with Crippen molar-refractivity contribution in [2.24, 2.45) is 11.7 Å². The molecule has 2 aromatic carbocycles. The lowest BCUT2D eigenvalue weighted by atomic mass is 10.1. The fourth-order valence-electron chi connectivity index (χ4n) is 4.20. The van der Waals surface area contributed by atoms with Crippen LogP contribution in [0, 0.1) is 5.92 Å². The molecular formula is C24H28N4O3. The summed E-state index contributed by atoms with van der Waals surface area (Å²) in [6.07, 6.45) is 3.57. The Balaban J connectivity index is 1.48. The van der Waals surface area contributed by atoms with Crippen LogP contribution in [0.1, 0.15) is 41.6 Å². The van der Waals surface area contributed by atoms with Crippen LogP contribution in [0.4, 0.5) is 11.4 Å². The summed E-state index contributed by atoms with van der Waals surface area (Å²) in [7, 11) is 1.72. The molecule has 0 aromatic heterocycles. The van der Waals surface area contributed by atoms with E-state index in [2.05, 4.69) is 10.2 Å². The van der Waals surface area contributed by atoms with Gasteiger partial charge in [-0.15, -0.1) is 0 Å². The molecule has 1 aliphatic carbocycles. The fraction of sp³-hybridized carbons (Fsp3) is 0.375. The number of benzene rings is 2. The zero-order chi connectivity index (χ0) is 22.0. The Labute approximate surface area is 182 Å². The third kappa shape index (κ3) is 4.77. The predicted molar refractivity (Wildman–Crippen MR) is 120 cm³/mol. The number of hydrogen-bond donors (Lipinski definition) is 2. The lowest BCUT2D eigenvalue weighted by Crippen LogP contribution is -2.39. The van der Waals surface area contributed by atoms with Crippen LogP contribution in [-0.4, -0.2) is 42.3 Å². The van der Waals surface area contributed by atoms with Gasteiger partial charge in [0.15, 0.2) is 0 Å². The quantitative estimate of drug-likeness (QED) is 0.720. The number of amides is 3. The molecular weight excluding hydrogens is 392 g/mol. The van der Waals surface area contributed by atoms with Crippen LogP contribution in [0.25, 0.3) is 0 Å². The summed E-state index contributed by atoms with van der Waals surface area (Å²) >= 11 is 0. The Morgan fingerprint density at radius 2 is 1.87 bits per heavy atom. The highest BCUT2D eigenvalue weighted by Gasteiger charge is 2.33. The van der Waals surface area contributed by atoms with E-state index in [9.17, 15) is 14.4 Å². The topological polar surface area (TPSA) is 95.7 Å². The van der Waals surface area contributed by atoms with Crippen molar-refractivity contribution in [1.29, 1.82) is 0 Å². The first-order valence-electron chi connectivity index (χ1n) is 10.7. The maximum absolute atomic E-state index is 13.0. The number of anilines is 2. The van der Waals surface area contributed by atoms with E-state index in [4.69, 9.17) is 5.73 Å². The van der Waals surface area contributed by atoms with Crippen molar-refractivity contribution in [3.05, 3.63) is 59.7 Å². The standard InChI is InChI=1S/C24H28N4O3/c1-27(24(31)17-11-12-17)20-9-3-2-8-19(20)23(30)26-18-7-4-6-16(14-18)15-28-13-5-10-21(28)22(25)29/h2-4,6-9,14,17,21H,5,10-13,15H2,1H3,(H2,25,29)(H,26,30). The lowest BCUT2D eigenvalue weighted by molar-refractivity contribution is -0.122. The van der Waals surface area contributed by atoms with E-state index < -0.39 is 0 Å². The zero-order valence-corrected chi connectivity index (χ0v) is 17.7. The molecule has 1 atom stereocenters. The maximum Gasteiger partial charge on any atom is 0.257 e. The van der Waals surface area contributed by atoms with Gasteiger partial charge in [-0.05, 0) is 62.1 Å². The average Bonchev–Trinajstić information content (AvgIpc) is 3.51. The minimum atomic E-state index is -0.288. The second-order valence-corrected chi connectivity index (χ2v) is 8.37. The summed E-state index contributed by atoms with van der Waals surface area (Å²) in [5, 5.41) is 2.95. The summed E-state index contributed by atoms with van der Waals surface area (Å²) in [5.74, 6) is -0.424. The van der Waals surface area contributed by atoms with E-state index >= 15 is 0 Å². The Morgan fingerprint density at radius 3 is 2.61 bits per heavy atom. The predicted octanol–water partition coefficient (Wildman–Crippen LogP) is 2.76. The summed E-state index contributed by atoms with van der Waals surface area (Å²) in [6, 6.07) is 14.5. The number of nitrogens with zero attached hydrogens (tertiary/aromatic N) is 2. The number of carbonyl (C=O) groups is 3. The summed E-state index contributed by atoms with van der Waals surface area (Å²) in [4.78, 5) is 40.8. The third-order valence-corrected chi connectivity index (χ3v) is 6.03. The third-order valence-electron chi connectivity index (χ3n) is 6.03. The van der Waals surface area contributed by atoms with E-state index in [1.54, 1.807) is 30.1 Å². The molecule has 1 heterocycles. The second-order valence-electron chi connectivity index (χ2n) is 8.37. The molecule has 1 unspecified atom stereocenters. The molecule has 0 radical (unpaired) electrons. The number of carbonyl (C=O) groups excluding carboxylic acids is 3. The van der Waals surface area contributed by atoms with Crippen LogP contribution in [0.2, 0.25) is 0 Å². The number of rotatable bonds is 7. The van der Waals surface area contributed by atoms with Crippen molar-refractivity contribution in [2.45, 2.75) is 38.3 Å². The minimum Gasteiger partial charge on any atom is -0.368 e. The van der Waals surface area contributed by atoms with Gasteiger partial charge >= 0.3 is 0 Å². The van der Waals surface area contributed by atoms with Crippen molar-refractivity contribution in [3.8, 4) is 0 Å². The largest absolute Gasteiger partial charge is 0.368 e. The number of nitrogens with one attached hydrogen (secondary N) is 1. The Hall–Kier alpha value is -3.19. The number of primary amides is 1. The first-order chi connectivity index (χ1) is 14.9. The van der Waals surface area contributed by atoms with Gasteiger partial charge in [0.2, 0.25) is 11.8 Å². The maximum atomic E-state index is 13.0. The second kappa shape index (κ2) is 8.89. The Morgan fingerprint density at radius 1 is 1.10 bits per heavy atom. The van der Waals surface area contributed by atoms with Crippen molar-refractivity contribution in [2.75, 3.05) is 23.8 Å². The average molecular weight is 421 g/mol. The van der Waals surface area contributed by atoms with Crippen LogP contribution in [0.3, 0.4) is 0 Å². The summed E-state index contributed by atoms with van der Waals surface area (Å²) in [5.41, 5.74) is 8.25. The van der Waals surface area contributed by atoms with E-state index in [1.165, 1.54) is 0 Å². The molecule has 1 aliphatic heterocycles. The van der Waals surface area contributed by atoms with Crippen molar-refractivity contribution < 1.29 is 14.4 Å². The SMILES string of the molecule is CN(C(=O)C1CC1)c1ccccc1C(=O)Nc1cccc(CN2CCCC2C(N)=O)c1. The number of para-hydroxylation sites is 1. The van der Waals surface area contributed by atoms with Crippen molar-refractivity contribution >= 4 is 29.1 Å². The number of hydrogen-bond acceptors (Lipinski definition) is 4. The highest BCUT2D eigenvalue weighted by atomic mass is 16.2. The van der Waals surface area contributed by atoms with E-state index in [0.717, 1.165) is 37.8 Å². The highest BCUT2D eigenvalue weighted by Crippen LogP contribution is 2.33. The molecule has 31 heavy (non-hydrogen) atoms. The highest BCUT2D eigenvalue weighted by molar-refractivity contribution is 6.10. The molecule has 4 rings (SSSR count). The molecule has 1 saturated heterocycles. The summed E-state index contributed by atoms with van der Waals surface area (Å²) < 4.78 is 0. The summed E-state index contributed by atoms with van der Waals surface area (Å²) in [6.45, 7) is 1.44. The number of likely N-dealkylation sites (tertiary alicyclic amines) is 1. The molecule has 2 aromatic rings. The van der Waals surface area contributed by atoms with Gasteiger partial charge in [0.25, 0.3) is 5.91 Å². The van der Waals surface area contributed by atoms with Gasteiger partial charge in [-0.2, -0.15) is 0 Å². The minimum absolute atomic E-state index is 0.0527. The van der Waals surface area contributed by atoms with Gasteiger partial charge in [-0.3, -0.25) is 19.3 Å². The van der Waals surface area contributed by atoms with Gasteiger partial charge in [-0.1, -0.05) is 24.3 Å². The normalized spacial score (nSPS) is 18.5. The molecule has 2 aliphatic rings. The monoisotopic (exact) mass is 420 g/mol.